The summed E-state index contributed by atoms with van der Waals surface area (Å²) < 4.78 is 5.14. The molecule has 2 aliphatic heterocycles. The highest BCUT2D eigenvalue weighted by molar-refractivity contribution is 7.99. The van der Waals surface area contributed by atoms with Gasteiger partial charge in [-0.25, -0.2) is 0 Å². The zero-order valence-corrected chi connectivity index (χ0v) is 14.1. The Morgan fingerprint density at radius 1 is 1.38 bits per heavy atom. The molecule has 3 rings (SSSR count). The maximum absolute atomic E-state index is 12.2. The van der Waals surface area contributed by atoms with E-state index < -0.39 is 0 Å². The lowest BCUT2D eigenvalue weighted by Gasteiger charge is -2.17. The molecule has 0 aliphatic carbocycles. The third-order valence-electron chi connectivity index (χ3n) is 4.40. The molecule has 1 N–H and O–H groups in total. The molecule has 1 aromatic heterocycles. The highest BCUT2D eigenvalue weighted by Gasteiger charge is 2.37. The first kappa shape index (κ1) is 16.6. The van der Waals surface area contributed by atoms with Crippen molar-refractivity contribution in [1.82, 2.24) is 15.4 Å². The molecule has 2 fully saturated rings. The molecule has 0 saturated carbocycles. The van der Waals surface area contributed by atoms with E-state index in [9.17, 15) is 4.79 Å². The van der Waals surface area contributed by atoms with Gasteiger partial charge in [-0.2, -0.15) is 0 Å². The van der Waals surface area contributed by atoms with Gasteiger partial charge in [0.25, 0.3) is 0 Å². The van der Waals surface area contributed by atoms with E-state index in [1.165, 1.54) is 0 Å². The normalized spacial score (nSPS) is 24.0. The van der Waals surface area contributed by atoms with Gasteiger partial charge in [0.1, 0.15) is 5.76 Å². The van der Waals surface area contributed by atoms with Crippen molar-refractivity contribution < 1.29 is 9.32 Å². The number of amides is 1. The second-order valence-electron chi connectivity index (χ2n) is 5.77. The Labute approximate surface area is 135 Å². The van der Waals surface area contributed by atoms with Crippen LogP contribution in [0.5, 0.6) is 0 Å². The molecule has 7 heteroatoms. The SMILES string of the molecule is Cc1noc(C)c1CSCC(=O)N1C[C@H]2CNC[C@H]2C1.Cl. The van der Waals surface area contributed by atoms with Gasteiger partial charge in [-0.1, -0.05) is 5.16 Å². The van der Waals surface area contributed by atoms with Gasteiger partial charge in [-0.15, -0.1) is 24.2 Å². The van der Waals surface area contributed by atoms with Gasteiger partial charge in [-0.05, 0) is 25.7 Å². The number of carbonyl (C=O) groups is 1. The number of hydrogen-bond acceptors (Lipinski definition) is 5. The largest absolute Gasteiger partial charge is 0.361 e. The fraction of sp³-hybridized carbons (Fsp3) is 0.714. The lowest BCUT2D eigenvalue weighted by molar-refractivity contribution is -0.127. The first-order valence-electron chi connectivity index (χ1n) is 7.13. The van der Waals surface area contributed by atoms with Crippen molar-refractivity contribution in [1.29, 1.82) is 0 Å². The van der Waals surface area contributed by atoms with Gasteiger partial charge in [-0.3, -0.25) is 4.79 Å². The predicted molar refractivity (Wildman–Crippen MR) is 85.8 cm³/mol. The molecule has 5 nitrogen and oxygen atoms in total. The van der Waals surface area contributed by atoms with Crippen LogP contribution < -0.4 is 5.32 Å². The Hall–Kier alpha value is -0.720. The molecular formula is C14H22ClN3O2S. The summed E-state index contributed by atoms with van der Waals surface area (Å²) in [5.74, 6) is 3.84. The Morgan fingerprint density at radius 3 is 2.62 bits per heavy atom. The average molecular weight is 332 g/mol. The maximum Gasteiger partial charge on any atom is 0.232 e. The molecule has 2 saturated heterocycles. The van der Waals surface area contributed by atoms with Gasteiger partial charge < -0.3 is 14.7 Å². The number of aromatic nitrogens is 1. The Kier molecular flexibility index (Phi) is 5.57. The summed E-state index contributed by atoms with van der Waals surface area (Å²) in [6.45, 7) is 7.88. The number of halogens is 1. The molecule has 118 valence electrons. The van der Waals surface area contributed by atoms with Crippen molar-refractivity contribution in [3.8, 4) is 0 Å². The molecule has 21 heavy (non-hydrogen) atoms. The number of likely N-dealkylation sites (tertiary alicyclic amines) is 1. The van der Waals surface area contributed by atoms with E-state index in [0.29, 0.717) is 17.6 Å². The zero-order chi connectivity index (χ0) is 14.1. The van der Waals surface area contributed by atoms with E-state index in [1.54, 1.807) is 11.8 Å². The van der Waals surface area contributed by atoms with Crippen LogP contribution in [0.4, 0.5) is 0 Å². The molecule has 0 aromatic carbocycles. The molecule has 0 bridgehead atoms. The van der Waals surface area contributed by atoms with Crippen LogP contribution in [-0.2, 0) is 10.5 Å². The molecule has 0 spiro atoms. The Balaban J connectivity index is 0.00000161. The van der Waals surface area contributed by atoms with Crippen molar-refractivity contribution in [2.75, 3.05) is 31.9 Å². The smallest absolute Gasteiger partial charge is 0.232 e. The van der Waals surface area contributed by atoms with Gasteiger partial charge in [0.05, 0.1) is 11.4 Å². The van der Waals surface area contributed by atoms with Gasteiger partial charge in [0.15, 0.2) is 0 Å². The van der Waals surface area contributed by atoms with Crippen LogP contribution in [0.3, 0.4) is 0 Å². The van der Waals surface area contributed by atoms with E-state index >= 15 is 0 Å². The van der Waals surface area contributed by atoms with Crippen LogP contribution in [0.2, 0.25) is 0 Å². The summed E-state index contributed by atoms with van der Waals surface area (Å²) >= 11 is 1.66. The third kappa shape index (κ3) is 3.55. The van der Waals surface area contributed by atoms with E-state index in [4.69, 9.17) is 4.52 Å². The highest BCUT2D eigenvalue weighted by atomic mass is 35.5. The number of nitrogens with zero attached hydrogens (tertiary/aromatic N) is 2. The molecule has 3 heterocycles. The zero-order valence-electron chi connectivity index (χ0n) is 12.4. The number of aryl methyl sites for hydroxylation is 2. The summed E-state index contributed by atoms with van der Waals surface area (Å²) in [5, 5.41) is 7.34. The van der Waals surface area contributed by atoms with Gasteiger partial charge in [0.2, 0.25) is 5.91 Å². The summed E-state index contributed by atoms with van der Waals surface area (Å²) in [6.07, 6.45) is 0. The second-order valence-corrected chi connectivity index (χ2v) is 6.76. The van der Waals surface area contributed by atoms with Gasteiger partial charge in [0, 0.05) is 37.5 Å². The first-order chi connectivity index (χ1) is 9.65. The number of rotatable bonds is 4. The monoisotopic (exact) mass is 331 g/mol. The molecule has 1 aromatic rings. The Bertz CT molecular complexity index is 477. The molecule has 2 aliphatic rings. The number of carbonyl (C=O) groups excluding carboxylic acids is 1. The van der Waals surface area contributed by atoms with E-state index in [2.05, 4.69) is 10.5 Å². The Morgan fingerprint density at radius 2 is 2.05 bits per heavy atom. The summed E-state index contributed by atoms with van der Waals surface area (Å²) in [4.78, 5) is 14.3. The predicted octanol–water partition coefficient (Wildman–Crippen LogP) is 1.62. The first-order valence-corrected chi connectivity index (χ1v) is 8.28. The number of hydrogen-bond donors (Lipinski definition) is 1. The van der Waals surface area contributed by atoms with Crippen LogP contribution in [0.25, 0.3) is 0 Å². The summed E-state index contributed by atoms with van der Waals surface area (Å²) in [5.41, 5.74) is 2.06. The highest BCUT2D eigenvalue weighted by Crippen LogP contribution is 2.27. The molecule has 0 radical (unpaired) electrons. The molecule has 0 unspecified atom stereocenters. The summed E-state index contributed by atoms with van der Waals surface area (Å²) in [6, 6.07) is 0. The topological polar surface area (TPSA) is 58.4 Å². The van der Waals surface area contributed by atoms with Crippen LogP contribution in [0.1, 0.15) is 17.0 Å². The number of fused-ring (bicyclic) bond motifs is 1. The van der Waals surface area contributed by atoms with E-state index in [-0.39, 0.29) is 18.3 Å². The number of nitrogens with one attached hydrogen (secondary N) is 1. The fourth-order valence-corrected chi connectivity index (χ4v) is 4.17. The molecule has 1 amide bonds. The second kappa shape index (κ2) is 7.03. The van der Waals surface area contributed by atoms with Crippen LogP contribution in [-0.4, -0.2) is 47.9 Å². The molecule has 2 atom stereocenters. The van der Waals surface area contributed by atoms with Crippen molar-refractivity contribution in [2.24, 2.45) is 11.8 Å². The number of thioether (sulfide) groups is 1. The van der Waals surface area contributed by atoms with Crippen molar-refractivity contribution in [2.45, 2.75) is 19.6 Å². The molecular weight excluding hydrogens is 310 g/mol. The standard InChI is InChI=1S/C14H21N3O2S.ClH/c1-9-13(10(2)19-16-9)7-20-8-14(18)17-5-11-3-15-4-12(11)6-17;/h11-12,15H,3-8H2,1-2H3;1H/t11-,12+;. The summed E-state index contributed by atoms with van der Waals surface area (Å²) in [7, 11) is 0. The van der Waals surface area contributed by atoms with Crippen molar-refractivity contribution in [3.63, 3.8) is 0 Å². The maximum atomic E-state index is 12.2. The lowest BCUT2D eigenvalue weighted by Crippen LogP contribution is -2.33. The van der Waals surface area contributed by atoms with Crippen LogP contribution in [0.15, 0.2) is 4.52 Å². The minimum absolute atomic E-state index is 0. The minimum atomic E-state index is 0. The average Bonchev–Trinajstić information content (AvgIpc) is 3.07. The van der Waals surface area contributed by atoms with E-state index in [1.807, 2.05) is 18.7 Å². The fourth-order valence-electron chi connectivity index (χ4n) is 3.10. The van der Waals surface area contributed by atoms with Gasteiger partial charge >= 0.3 is 0 Å². The minimum Gasteiger partial charge on any atom is -0.361 e. The van der Waals surface area contributed by atoms with Crippen molar-refractivity contribution in [3.05, 3.63) is 17.0 Å². The van der Waals surface area contributed by atoms with E-state index in [0.717, 1.165) is 48.9 Å². The third-order valence-corrected chi connectivity index (χ3v) is 5.34. The van der Waals surface area contributed by atoms with Crippen molar-refractivity contribution >= 4 is 30.1 Å². The van der Waals surface area contributed by atoms with Crippen LogP contribution in [0, 0.1) is 25.7 Å². The lowest BCUT2D eigenvalue weighted by atomic mass is 10.0. The quantitative estimate of drug-likeness (QED) is 0.908. The van der Waals surface area contributed by atoms with Crippen LogP contribution >= 0.6 is 24.2 Å².